The predicted molar refractivity (Wildman–Crippen MR) is 315 cm³/mol. The average molecular weight is 957 g/mol. The Balaban J connectivity index is 0.830. The van der Waals surface area contributed by atoms with E-state index in [0.29, 0.717) is 0 Å². The number of hydrogen-bond acceptors (Lipinski definition) is 2. The molecule has 14 aromatic rings. The highest BCUT2D eigenvalue weighted by Crippen LogP contribution is 2.44. The highest BCUT2D eigenvalue weighted by atomic mass is 16.3. The van der Waals surface area contributed by atoms with Crippen LogP contribution in [-0.2, 0) is 0 Å². The number of para-hydroxylation sites is 4. The maximum absolute atomic E-state index is 6.49. The number of benzene rings is 12. The van der Waals surface area contributed by atoms with E-state index in [1.807, 2.05) is 12.1 Å². The number of aromatic nitrogens is 1. The third-order valence-corrected chi connectivity index (χ3v) is 14.9. The Morgan fingerprint density at radius 3 is 1.13 bits per heavy atom. The molecule has 0 N–H and O–H groups in total. The summed E-state index contributed by atoms with van der Waals surface area (Å²) in [5.74, 6) is 0. The molecule has 0 aliphatic rings. The van der Waals surface area contributed by atoms with Crippen molar-refractivity contribution in [2.24, 2.45) is 0 Å². The largest absolute Gasteiger partial charge is 0.455 e. The Morgan fingerprint density at radius 1 is 0.240 bits per heavy atom. The molecule has 0 bridgehead atoms. The molecule has 0 radical (unpaired) electrons. The first-order valence-corrected chi connectivity index (χ1v) is 25.7. The van der Waals surface area contributed by atoms with Gasteiger partial charge in [-0.2, -0.15) is 0 Å². The Hall–Kier alpha value is -9.96. The molecule has 2 aromatic heterocycles. The summed E-state index contributed by atoms with van der Waals surface area (Å²) in [5, 5.41) is 4.77. The molecule has 14 rings (SSSR count). The molecular weight excluding hydrogens is 909 g/mol. The number of fused-ring (bicyclic) bond motifs is 6. The van der Waals surface area contributed by atoms with Crippen molar-refractivity contribution in [1.29, 1.82) is 0 Å². The molecule has 0 aliphatic heterocycles. The minimum Gasteiger partial charge on any atom is -0.455 e. The van der Waals surface area contributed by atoms with Crippen LogP contribution < -0.4 is 4.90 Å². The lowest BCUT2D eigenvalue weighted by atomic mass is 9.87. The zero-order valence-corrected chi connectivity index (χ0v) is 41.0. The predicted octanol–water partition coefficient (Wildman–Crippen LogP) is 20.2. The Labute approximate surface area is 436 Å². The standard InChI is InChI=1S/C72H48N2O/c1-2-17-51(18-3-1)58-19-4-6-21-61(58)63-23-8-9-24-64(63)62-22-7-5-20-59(62)52-37-45-55(46-38-52)73(56-47-39-53(40-48-56)60-28-16-29-68-67-27-12-15-32-71(67)75-72(60)68)54-41-33-49(34-42-54)50-35-43-57(44-36-50)74-69-30-13-10-25-65(69)66-26-11-14-31-70(66)74/h1-48H. The fourth-order valence-electron chi connectivity index (χ4n) is 11.3. The van der Waals surface area contributed by atoms with Gasteiger partial charge in [0.2, 0.25) is 0 Å². The van der Waals surface area contributed by atoms with Gasteiger partial charge in [0.25, 0.3) is 0 Å². The minimum absolute atomic E-state index is 0.897. The minimum atomic E-state index is 0.897. The highest BCUT2D eigenvalue weighted by Gasteiger charge is 2.19. The average Bonchev–Trinajstić information content (AvgIpc) is 4.05. The third kappa shape index (κ3) is 7.78. The maximum Gasteiger partial charge on any atom is 0.143 e. The number of furan rings is 1. The lowest BCUT2D eigenvalue weighted by molar-refractivity contribution is 0.670. The topological polar surface area (TPSA) is 21.3 Å². The summed E-state index contributed by atoms with van der Waals surface area (Å²) in [6, 6.07) is 105. The van der Waals surface area contributed by atoms with Gasteiger partial charge in [-0.25, -0.2) is 0 Å². The van der Waals surface area contributed by atoms with E-state index < -0.39 is 0 Å². The van der Waals surface area contributed by atoms with Crippen LogP contribution in [0.2, 0.25) is 0 Å². The second-order valence-corrected chi connectivity index (χ2v) is 19.2. The third-order valence-electron chi connectivity index (χ3n) is 14.9. The molecule has 0 amide bonds. The van der Waals surface area contributed by atoms with Crippen molar-refractivity contribution < 1.29 is 4.42 Å². The van der Waals surface area contributed by atoms with Crippen LogP contribution in [0.5, 0.6) is 0 Å². The zero-order chi connectivity index (χ0) is 49.7. The van der Waals surface area contributed by atoms with Gasteiger partial charge >= 0.3 is 0 Å². The van der Waals surface area contributed by atoms with Gasteiger partial charge in [0.1, 0.15) is 11.2 Å². The van der Waals surface area contributed by atoms with Crippen LogP contribution in [0.25, 0.3) is 116 Å². The van der Waals surface area contributed by atoms with E-state index in [4.69, 9.17) is 4.42 Å². The molecule has 12 aromatic carbocycles. The lowest BCUT2D eigenvalue weighted by Crippen LogP contribution is -2.09. The molecule has 0 fully saturated rings. The second-order valence-electron chi connectivity index (χ2n) is 19.2. The van der Waals surface area contributed by atoms with Gasteiger partial charge in [-0.3, -0.25) is 0 Å². The van der Waals surface area contributed by atoms with E-state index >= 15 is 0 Å². The van der Waals surface area contributed by atoms with E-state index in [9.17, 15) is 0 Å². The summed E-state index contributed by atoms with van der Waals surface area (Å²) in [4.78, 5) is 2.35. The summed E-state index contributed by atoms with van der Waals surface area (Å²) < 4.78 is 8.85. The SMILES string of the molecule is c1ccc(-c2ccccc2-c2ccccc2-c2ccccc2-c2ccc(N(c3ccc(-c4ccc(-n5c6ccccc6c6ccccc65)cc4)cc3)c3ccc(-c4cccc5c4oc4ccccc45)cc3)cc2)cc1. The van der Waals surface area contributed by atoms with Gasteiger partial charge in [0.15, 0.2) is 0 Å². The molecule has 0 saturated heterocycles. The molecule has 0 spiro atoms. The van der Waals surface area contributed by atoms with Gasteiger partial charge < -0.3 is 13.9 Å². The summed E-state index contributed by atoms with van der Waals surface area (Å²) in [5.41, 5.74) is 22.6. The van der Waals surface area contributed by atoms with Gasteiger partial charge in [-0.05, 0) is 128 Å². The quantitative estimate of drug-likeness (QED) is 0.136. The van der Waals surface area contributed by atoms with Crippen LogP contribution in [0.4, 0.5) is 17.1 Å². The molecule has 3 heteroatoms. The molecule has 0 unspecified atom stereocenters. The molecule has 3 nitrogen and oxygen atoms in total. The van der Waals surface area contributed by atoms with E-state index in [-0.39, 0.29) is 0 Å². The highest BCUT2D eigenvalue weighted by molar-refractivity contribution is 6.10. The van der Waals surface area contributed by atoms with Crippen LogP contribution >= 0.6 is 0 Å². The van der Waals surface area contributed by atoms with Gasteiger partial charge in [0.05, 0.1) is 11.0 Å². The van der Waals surface area contributed by atoms with E-state index in [0.717, 1.165) is 72.5 Å². The van der Waals surface area contributed by atoms with E-state index in [2.05, 4.69) is 289 Å². The first-order chi connectivity index (χ1) is 37.2. The fourth-order valence-corrected chi connectivity index (χ4v) is 11.3. The Kier molecular flexibility index (Phi) is 10.8. The molecule has 0 atom stereocenters. The fraction of sp³-hybridized carbons (Fsp3) is 0. The summed E-state index contributed by atoms with van der Waals surface area (Å²) >= 11 is 0. The first kappa shape index (κ1) is 43.8. The summed E-state index contributed by atoms with van der Waals surface area (Å²) in [6.45, 7) is 0. The number of nitrogens with zero attached hydrogens (tertiary/aromatic N) is 2. The van der Waals surface area contributed by atoms with Gasteiger partial charge in [-0.1, -0.05) is 224 Å². The number of anilines is 3. The molecule has 352 valence electrons. The van der Waals surface area contributed by atoms with Crippen molar-refractivity contribution in [3.8, 4) is 72.4 Å². The van der Waals surface area contributed by atoms with E-state index in [1.54, 1.807) is 0 Å². The molecular formula is C72H48N2O. The number of rotatable bonds is 10. The maximum atomic E-state index is 6.49. The van der Waals surface area contributed by atoms with Crippen LogP contribution in [0, 0.1) is 0 Å². The lowest BCUT2D eigenvalue weighted by Gasteiger charge is -2.26. The smallest absolute Gasteiger partial charge is 0.143 e. The van der Waals surface area contributed by atoms with Crippen molar-refractivity contribution in [3.63, 3.8) is 0 Å². The summed E-state index contributed by atoms with van der Waals surface area (Å²) in [6.07, 6.45) is 0. The Bertz CT molecular complexity index is 4320. The molecule has 0 saturated carbocycles. The van der Waals surface area contributed by atoms with Crippen LogP contribution in [0.3, 0.4) is 0 Å². The van der Waals surface area contributed by atoms with Crippen molar-refractivity contribution in [2.45, 2.75) is 0 Å². The van der Waals surface area contributed by atoms with Gasteiger partial charge in [0, 0.05) is 49.9 Å². The molecule has 0 aliphatic carbocycles. The first-order valence-electron chi connectivity index (χ1n) is 25.7. The number of hydrogen-bond donors (Lipinski definition) is 0. The molecule has 2 heterocycles. The zero-order valence-electron chi connectivity index (χ0n) is 41.0. The van der Waals surface area contributed by atoms with Crippen molar-refractivity contribution in [1.82, 2.24) is 4.57 Å². The monoisotopic (exact) mass is 956 g/mol. The van der Waals surface area contributed by atoms with Crippen molar-refractivity contribution in [3.05, 3.63) is 291 Å². The van der Waals surface area contributed by atoms with Crippen LogP contribution in [0.15, 0.2) is 296 Å². The summed E-state index contributed by atoms with van der Waals surface area (Å²) in [7, 11) is 0. The second kappa shape index (κ2) is 18.6. The van der Waals surface area contributed by atoms with Crippen molar-refractivity contribution in [2.75, 3.05) is 4.90 Å². The van der Waals surface area contributed by atoms with Crippen LogP contribution in [0.1, 0.15) is 0 Å². The van der Waals surface area contributed by atoms with Gasteiger partial charge in [-0.15, -0.1) is 0 Å². The normalized spacial score (nSPS) is 11.5. The van der Waals surface area contributed by atoms with Crippen molar-refractivity contribution >= 4 is 60.8 Å². The van der Waals surface area contributed by atoms with Crippen LogP contribution in [-0.4, -0.2) is 4.57 Å². The Morgan fingerprint density at radius 2 is 0.600 bits per heavy atom. The van der Waals surface area contributed by atoms with E-state index in [1.165, 1.54) is 60.8 Å². The molecule has 75 heavy (non-hydrogen) atoms.